The molecule has 0 saturated heterocycles. The van der Waals surface area contributed by atoms with E-state index in [1.165, 1.54) is 0 Å². The van der Waals surface area contributed by atoms with Crippen LogP contribution < -0.4 is 5.32 Å². The van der Waals surface area contributed by atoms with Crippen LogP contribution in [0.1, 0.15) is 32.0 Å². The van der Waals surface area contributed by atoms with Crippen molar-refractivity contribution >= 4 is 16.9 Å². The van der Waals surface area contributed by atoms with Crippen LogP contribution in [0, 0.1) is 6.92 Å². The summed E-state index contributed by atoms with van der Waals surface area (Å²) in [5, 5.41) is 9.19. The number of fused-ring (bicyclic) bond motifs is 3. The summed E-state index contributed by atoms with van der Waals surface area (Å²) in [7, 11) is 0. The number of pyridine rings is 1. The van der Waals surface area contributed by atoms with E-state index in [1.54, 1.807) is 0 Å². The Kier molecular flexibility index (Phi) is 1.93. The lowest BCUT2D eigenvalue weighted by molar-refractivity contribution is 0.416. The zero-order valence-corrected chi connectivity index (χ0v) is 9.86. The maximum Gasteiger partial charge on any atom is 0.183 e. The molecule has 4 heteroatoms. The van der Waals surface area contributed by atoms with Gasteiger partial charge in [0, 0.05) is 11.7 Å². The zero-order chi connectivity index (χ0) is 11.3. The Morgan fingerprint density at radius 1 is 1.38 bits per heavy atom. The number of nitrogens with one attached hydrogen (secondary N) is 1. The van der Waals surface area contributed by atoms with Gasteiger partial charge in [-0.25, -0.2) is 9.67 Å². The lowest BCUT2D eigenvalue weighted by atomic mass is 10.1. The van der Waals surface area contributed by atoms with Crippen LogP contribution in [0.3, 0.4) is 0 Å². The molecule has 84 valence electrons. The molecule has 2 aromatic heterocycles. The average Bonchev–Trinajstić information content (AvgIpc) is 2.56. The van der Waals surface area contributed by atoms with Crippen molar-refractivity contribution in [3.8, 4) is 0 Å². The summed E-state index contributed by atoms with van der Waals surface area (Å²) < 4.78 is 2.07. The highest BCUT2D eigenvalue weighted by atomic mass is 15.4. The van der Waals surface area contributed by atoms with Crippen molar-refractivity contribution in [2.75, 3.05) is 5.32 Å². The number of aryl methyl sites for hydroxylation is 1. The minimum Gasteiger partial charge on any atom is -0.367 e. The van der Waals surface area contributed by atoms with E-state index < -0.39 is 0 Å². The zero-order valence-electron chi connectivity index (χ0n) is 9.86. The Labute approximate surface area is 94.7 Å². The third kappa shape index (κ3) is 1.29. The number of aromatic nitrogens is 3. The predicted molar refractivity (Wildman–Crippen MR) is 64.7 cm³/mol. The first kappa shape index (κ1) is 9.63. The second kappa shape index (κ2) is 3.20. The fourth-order valence-electron chi connectivity index (χ4n) is 2.45. The second-order valence-corrected chi connectivity index (χ2v) is 4.75. The fourth-order valence-corrected chi connectivity index (χ4v) is 2.45. The van der Waals surface area contributed by atoms with E-state index in [0.29, 0.717) is 12.1 Å². The SMILES string of the molecule is Cc1ccc2c3n(nc2n1)C(C)CC(C)N3. The molecular formula is C12H16N4. The van der Waals surface area contributed by atoms with Gasteiger partial charge < -0.3 is 5.32 Å². The minimum atomic E-state index is 0.445. The summed E-state index contributed by atoms with van der Waals surface area (Å²) in [6, 6.07) is 5.09. The molecule has 4 nitrogen and oxygen atoms in total. The minimum absolute atomic E-state index is 0.445. The van der Waals surface area contributed by atoms with Gasteiger partial charge in [-0.3, -0.25) is 0 Å². The van der Waals surface area contributed by atoms with E-state index in [2.05, 4.69) is 40.0 Å². The molecule has 0 aromatic carbocycles. The van der Waals surface area contributed by atoms with Crippen molar-refractivity contribution < 1.29 is 0 Å². The molecule has 0 saturated carbocycles. The molecule has 16 heavy (non-hydrogen) atoms. The Morgan fingerprint density at radius 3 is 3.00 bits per heavy atom. The normalized spacial score (nSPS) is 24.2. The first-order chi connectivity index (χ1) is 7.65. The molecule has 2 atom stereocenters. The second-order valence-electron chi connectivity index (χ2n) is 4.75. The Hall–Kier alpha value is -1.58. The summed E-state index contributed by atoms with van der Waals surface area (Å²) in [6.07, 6.45) is 1.11. The van der Waals surface area contributed by atoms with Crippen molar-refractivity contribution in [2.24, 2.45) is 0 Å². The number of hydrogen-bond acceptors (Lipinski definition) is 3. The van der Waals surface area contributed by atoms with E-state index >= 15 is 0 Å². The Balaban J connectivity index is 2.26. The summed E-state index contributed by atoms with van der Waals surface area (Å²) in [6.45, 7) is 6.41. The molecule has 0 aliphatic carbocycles. The average molecular weight is 216 g/mol. The lowest BCUT2D eigenvalue weighted by Crippen LogP contribution is -2.28. The van der Waals surface area contributed by atoms with Crippen molar-refractivity contribution in [1.82, 2.24) is 14.8 Å². The molecule has 3 rings (SSSR count). The molecule has 0 amide bonds. The van der Waals surface area contributed by atoms with Gasteiger partial charge in [-0.1, -0.05) is 0 Å². The molecule has 1 N–H and O–H groups in total. The molecule has 0 radical (unpaired) electrons. The highest BCUT2D eigenvalue weighted by Gasteiger charge is 2.24. The van der Waals surface area contributed by atoms with Crippen LogP contribution >= 0.6 is 0 Å². The van der Waals surface area contributed by atoms with Crippen LogP contribution in [-0.4, -0.2) is 20.8 Å². The van der Waals surface area contributed by atoms with Gasteiger partial charge in [-0.05, 0) is 39.3 Å². The van der Waals surface area contributed by atoms with Gasteiger partial charge in [-0.2, -0.15) is 5.10 Å². The molecule has 0 bridgehead atoms. The third-order valence-corrected chi connectivity index (χ3v) is 3.20. The molecule has 0 spiro atoms. The van der Waals surface area contributed by atoms with Crippen molar-refractivity contribution in [3.63, 3.8) is 0 Å². The lowest BCUT2D eigenvalue weighted by Gasteiger charge is -2.27. The van der Waals surface area contributed by atoms with Gasteiger partial charge in [-0.15, -0.1) is 0 Å². The molecule has 2 unspecified atom stereocenters. The summed E-state index contributed by atoms with van der Waals surface area (Å²) in [4.78, 5) is 4.47. The van der Waals surface area contributed by atoms with E-state index in [4.69, 9.17) is 0 Å². The maximum absolute atomic E-state index is 4.57. The molecule has 1 aliphatic rings. The highest BCUT2D eigenvalue weighted by Crippen LogP contribution is 2.32. The van der Waals surface area contributed by atoms with Crippen molar-refractivity contribution in [2.45, 2.75) is 39.3 Å². The monoisotopic (exact) mass is 216 g/mol. The number of nitrogens with zero attached hydrogens (tertiary/aromatic N) is 3. The van der Waals surface area contributed by atoms with Crippen molar-refractivity contribution in [1.29, 1.82) is 0 Å². The van der Waals surface area contributed by atoms with Crippen molar-refractivity contribution in [3.05, 3.63) is 17.8 Å². The topological polar surface area (TPSA) is 42.7 Å². The standard InChI is InChI=1S/C12H16N4/c1-7-4-5-10-11(13-7)15-16-9(3)6-8(2)14-12(10)16/h4-5,8-9,14H,6H2,1-3H3. The molecular weight excluding hydrogens is 200 g/mol. The highest BCUT2D eigenvalue weighted by molar-refractivity contribution is 5.88. The van der Waals surface area contributed by atoms with Crippen LogP contribution in [0.25, 0.3) is 11.0 Å². The summed E-state index contributed by atoms with van der Waals surface area (Å²) >= 11 is 0. The Morgan fingerprint density at radius 2 is 2.19 bits per heavy atom. The summed E-state index contributed by atoms with van der Waals surface area (Å²) in [5.41, 5.74) is 1.87. The quantitative estimate of drug-likeness (QED) is 0.735. The largest absolute Gasteiger partial charge is 0.367 e. The summed E-state index contributed by atoms with van der Waals surface area (Å²) in [5.74, 6) is 1.12. The smallest absolute Gasteiger partial charge is 0.183 e. The first-order valence-corrected chi connectivity index (χ1v) is 5.77. The van der Waals surface area contributed by atoms with Gasteiger partial charge in [0.15, 0.2) is 5.65 Å². The van der Waals surface area contributed by atoms with Gasteiger partial charge >= 0.3 is 0 Å². The fraction of sp³-hybridized carbons (Fsp3) is 0.500. The van der Waals surface area contributed by atoms with Gasteiger partial charge in [0.2, 0.25) is 0 Å². The van der Waals surface area contributed by atoms with Crippen LogP contribution in [-0.2, 0) is 0 Å². The molecule has 2 aromatic rings. The first-order valence-electron chi connectivity index (χ1n) is 5.77. The number of hydrogen-bond donors (Lipinski definition) is 1. The predicted octanol–water partition coefficient (Wildman–Crippen LogP) is 2.50. The van der Waals surface area contributed by atoms with Crippen LogP contribution in [0.5, 0.6) is 0 Å². The number of rotatable bonds is 0. The van der Waals surface area contributed by atoms with E-state index in [-0.39, 0.29) is 0 Å². The van der Waals surface area contributed by atoms with Crippen LogP contribution in [0.2, 0.25) is 0 Å². The molecule has 3 heterocycles. The Bertz CT molecular complexity index is 543. The molecule has 1 aliphatic heterocycles. The van der Waals surface area contributed by atoms with Crippen LogP contribution in [0.4, 0.5) is 5.82 Å². The van der Waals surface area contributed by atoms with Gasteiger partial charge in [0.05, 0.1) is 11.4 Å². The van der Waals surface area contributed by atoms with E-state index in [0.717, 1.165) is 29.0 Å². The van der Waals surface area contributed by atoms with Crippen LogP contribution in [0.15, 0.2) is 12.1 Å². The van der Waals surface area contributed by atoms with Gasteiger partial charge in [0.25, 0.3) is 0 Å². The number of anilines is 1. The van der Waals surface area contributed by atoms with E-state index in [1.807, 2.05) is 13.0 Å². The third-order valence-electron chi connectivity index (χ3n) is 3.20. The van der Waals surface area contributed by atoms with E-state index in [9.17, 15) is 0 Å². The maximum atomic E-state index is 4.57. The molecule has 0 fully saturated rings. The van der Waals surface area contributed by atoms with Gasteiger partial charge in [0.1, 0.15) is 5.82 Å².